The van der Waals surface area contributed by atoms with Crippen LogP contribution in [-0.2, 0) is 15.7 Å². The van der Waals surface area contributed by atoms with Gasteiger partial charge in [-0.2, -0.15) is 18.4 Å². The second-order valence-corrected chi connectivity index (χ2v) is 10.9. The van der Waals surface area contributed by atoms with Crippen molar-refractivity contribution in [2.24, 2.45) is 5.92 Å². The molecule has 0 aromatic carbocycles. The Morgan fingerprint density at radius 3 is 2.49 bits per heavy atom. The van der Waals surface area contributed by atoms with Gasteiger partial charge in [-0.05, 0) is 77.2 Å². The summed E-state index contributed by atoms with van der Waals surface area (Å²) in [6.45, 7) is 3.86. The van der Waals surface area contributed by atoms with Crippen LogP contribution in [0, 0.1) is 17.2 Å². The number of anilines is 1. The monoisotopic (exact) mass is 595 g/mol. The van der Waals surface area contributed by atoms with E-state index in [1.54, 1.807) is 18.7 Å². The molecule has 216 valence electrons. The Hall–Kier alpha value is -2.14. The highest BCUT2D eigenvalue weighted by Crippen LogP contribution is 2.40. The number of nitrogens with one attached hydrogen (secondary N) is 1. The van der Waals surface area contributed by atoms with Crippen molar-refractivity contribution in [1.82, 2.24) is 15.2 Å². The van der Waals surface area contributed by atoms with Crippen molar-refractivity contribution in [2.75, 3.05) is 24.6 Å². The molecule has 14 heteroatoms. The Morgan fingerprint density at radius 2 is 1.90 bits per heavy atom. The first-order valence-electron chi connectivity index (χ1n) is 12.6. The van der Waals surface area contributed by atoms with E-state index >= 15 is 0 Å². The molecule has 1 unspecified atom stereocenters. The molecule has 1 saturated carbocycles. The zero-order valence-electron chi connectivity index (χ0n) is 21.6. The van der Waals surface area contributed by atoms with Gasteiger partial charge < -0.3 is 15.0 Å². The molecule has 1 aromatic heterocycles. The van der Waals surface area contributed by atoms with Crippen molar-refractivity contribution in [3.63, 3.8) is 0 Å². The summed E-state index contributed by atoms with van der Waals surface area (Å²) in [7, 11) is 0. The van der Waals surface area contributed by atoms with Crippen molar-refractivity contribution in [1.29, 1.82) is 5.26 Å². The topological polar surface area (TPSA) is 81.5 Å². The molecular formula is C25H31ClF5N5O2S. The SMILES string of the molecule is CC1(C)C(=O)N(c2cnc(C#N)c(C(F)(F)F)c2)C(=S)N1C1CCC(OCCC2CCNCC2(F)F)CC1.Cl. The van der Waals surface area contributed by atoms with Crippen molar-refractivity contribution in [3.05, 3.63) is 23.5 Å². The van der Waals surface area contributed by atoms with Gasteiger partial charge in [-0.25, -0.2) is 13.8 Å². The minimum atomic E-state index is -4.82. The van der Waals surface area contributed by atoms with Crippen LogP contribution >= 0.6 is 24.6 Å². The van der Waals surface area contributed by atoms with Gasteiger partial charge in [-0.1, -0.05) is 0 Å². The van der Waals surface area contributed by atoms with E-state index in [1.165, 1.54) is 6.07 Å². The smallest absolute Gasteiger partial charge is 0.378 e. The van der Waals surface area contributed by atoms with Crippen LogP contribution < -0.4 is 10.2 Å². The highest BCUT2D eigenvalue weighted by Gasteiger charge is 2.53. The number of carbonyl (C=O) groups excluding carboxylic acids is 1. The van der Waals surface area contributed by atoms with Crippen LogP contribution in [0.4, 0.5) is 27.6 Å². The molecule has 1 aliphatic carbocycles. The lowest BCUT2D eigenvalue weighted by molar-refractivity contribution is -0.138. The van der Waals surface area contributed by atoms with Crippen LogP contribution in [0.5, 0.6) is 0 Å². The lowest BCUT2D eigenvalue weighted by atomic mass is 9.89. The summed E-state index contributed by atoms with van der Waals surface area (Å²) in [5.74, 6) is -3.92. The first-order chi connectivity index (χ1) is 17.8. The number of carbonyl (C=O) groups is 1. The van der Waals surface area contributed by atoms with E-state index in [4.69, 9.17) is 22.2 Å². The number of nitrogens with zero attached hydrogens (tertiary/aromatic N) is 4. The molecule has 1 N–H and O–H groups in total. The minimum Gasteiger partial charge on any atom is -0.378 e. The average molecular weight is 596 g/mol. The molecule has 4 rings (SSSR count). The molecular weight excluding hydrogens is 565 g/mol. The van der Waals surface area contributed by atoms with Gasteiger partial charge in [-0.15, -0.1) is 12.4 Å². The zero-order chi connectivity index (χ0) is 27.9. The molecule has 0 radical (unpaired) electrons. The Bertz CT molecular complexity index is 1120. The zero-order valence-corrected chi connectivity index (χ0v) is 23.2. The first kappa shape index (κ1) is 31.4. The number of nitriles is 1. The third-order valence-corrected chi connectivity index (χ3v) is 8.10. The number of amides is 1. The molecule has 3 aliphatic rings. The quantitative estimate of drug-likeness (QED) is 0.363. The molecule has 0 spiro atoms. The minimum absolute atomic E-state index is 0. The van der Waals surface area contributed by atoms with E-state index in [0.717, 1.165) is 17.2 Å². The highest BCUT2D eigenvalue weighted by atomic mass is 35.5. The van der Waals surface area contributed by atoms with E-state index < -0.39 is 40.7 Å². The number of aromatic nitrogens is 1. The van der Waals surface area contributed by atoms with Crippen molar-refractivity contribution >= 4 is 41.3 Å². The van der Waals surface area contributed by atoms with E-state index in [-0.39, 0.29) is 48.5 Å². The maximum Gasteiger partial charge on any atom is 0.419 e. The summed E-state index contributed by atoms with van der Waals surface area (Å²) in [6.07, 6.45) is -0.625. The largest absolute Gasteiger partial charge is 0.419 e. The number of pyridine rings is 1. The Balaban J connectivity index is 0.00000420. The van der Waals surface area contributed by atoms with Crippen molar-refractivity contribution in [3.8, 4) is 6.07 Å². The second-order valence-electron chi connectivity index (χ2n) is 10.6. The first-order valence-corrected chi connectivity index (χ1v) is 13.0. The standard InChI is InChI=1S/C25H30F5N5O2S.ClH/c1-23(2)21(36)34(17-11-19(25(28,29)30)20(12-31)33-13-17)22(38)35(23)16-3-5-18(6-4-16)37-10-8-15-7-9-32-14-24(15,26)27;/h11,13,15-16,18,32H,3-10,14H2,1-2H3;1H. The van der Waals surface area contributed by atoms with Gasteiger partial charge in [0.1, 0.15) is 11.6 Å². The summed E-state index contributed by atoms with van der Waals surface area (Å²) in [4.78, 5) is 19.8. The summed E-state index contributed by atoms with van der Waals surface area (Å²) < 4.78 is 74.5. The molecule has 3 fully saturated rings. The van der Waals surface area contributed by atoms with Crippen LogP contribution in [-0.4, -0.2) is 64.2 Å². The molecule has 39 heavy (non-hydrogen) atoms. The van der Waals surface area contributed by atoms with Gasteiger partial charge in [0.05, 0.1) is 30.1 Å². The number of alkyl halides is 5. The predicted molar refractivity (Wildman–Crippen MR) is 140 cm³/mol. The highest BCUT2D eigenvalue weighted by molar-refractivity contribution is 7.80. The molecule has 1 atom stereocenters. The number of ether oxygens (including phenoxy) is 1. The van der Waals surface area contributed by atoms with E-state index in [9.17, 15) is 26.7 Å². The van der Waals surface area contributed by atoms with Gasteiger partial charge >= 0.3 is 6.18 Å². The fraction of sp³-hybridized carbons (Fsp3) is 0.680. The number of halogens is 6. The fourth-order valence-corrected chi connectivity index (χ4v) is 6.19. The van der Waals surface area contributed by atoms with Crippen LogP contribution in [0.2, 0.25) is 0 Å². The Morgan fingerprint density at radius 1 is 1.23 bits per heavy atom. The number of rotatable bonds is 6. The molecule has 1 aromatic rings. The van der Waals surface area contributed by atoms with E-state index in [1.807, 2.05) is 0 Å². The van der Waals surface area contributed by atoms with Crippen LogP contribution in [0.15, 0.2) is 12.3 Å². The molecule has 2 saturated heterocycles. The predicted octanol–water partition coefficient (Wildman–Crippen LogP) is 5.07. The maximum absolute atomic E-state index is 14.0. The fourth-order valence-electron chi connectivity index (χ4n) is 5.62. The van der Waals surface area contributed by atoms with Gasteiger partial charge in [0.15, 0.2) is 10.8 Å². The molecule has 2 aliphatic heterocycles. The Kier molecular flexibility index (Phi) is 9.47. The number of hydrogen-bond acceptors (Lipinski definition) is 6. The summed E-state index contributed by atoms with van der Waals surface area (Å²) in [5, 5.41) is 11.8. The molecule has 3 heterocycles. The van der Waals surface area contributed by atoms with Gasteiger partial charge in [0.25, 0.3) is 11.8 Å². The van der Waals surface area contributed by atoms with Crippen LogP contribution in [0.25, 0.3) is 0 Å². The number of piperidine rings is 1. The second kappa shape index (κ2) is 11.8. The normalized spacial score (nSPS) is 26.8. The van der Waals surface area contributed by atoms with Crippen molar-refractivity contribution < 1.29 is 31.5 Å². The van der Waals surface area contributed by atoms with Crippen LogP contribution in [0.1, 0.15) is 63.6 Å². The summed E-state index contributed by atoms with van der Waals surface area (Å²) in [5.41, 5.74) is -3.27. The molecule has 7 nitrogen and oxygen atoms in total. The van der Waals surface area contributed by atoms with Gasteiger partial charge in [0.2, 0.25) is 0 Å². The lowest BCUT2D eigenvalue weighted by Gasteiger charge is -2.41. The third kappa shape index (κ3) is 6.29. The third-order valence-electron chi connectivity index (χ3n) is 7.73. The van der Waals surface area contributed by atoms with Gasteiger partial charge in [-0.3, -0.25) is 9.69 Å². The average Bonchev–Trinajstić information content (AvgIpc) is 3.03. The number of thiocarbonyl (C=S) groups is 1. The van der Waals surface area contributed by atoms with E-state index in [0.29, 0.717) is 45.1 Å². The molecule has 0 bridgehead atoms. The lowest BCUT2D eigenvalue weighted by Crippen LogP contribution is -2.51. The Labute approximate surface area is 235 Å². The molecule has 1 amide bonds. The van der Waals surface area contributed by atoms with Crippen LogP contribution in [0.3, 0.4) is 0 Å². The van der Waals surface area contributed by atoms with E-state index in [2.05, 4.69) is 10.3 Å². The maximum atomic E-state index is 14.0. The summed E-state index contributed by atoms with van der Waals surface area (Å²) >= 11 is 5.59. The van der Waals surface area contributed by atoms with Gasteiger partial charge in [0, 0.05) is 18.6 Å². The number of hydrogen-bond donors (Lipinski definition) is 1. The summed E-state index contributed by atoms with van der Waals surface area (Å²) in [6, 6.07) is 2.01. The van der Waals surface area contributed by atoms with Crippen molar-refractivity contribution in [2.45, 2.75) is 82.2 Å².